The second-order valence-corrected chi connectivity index (χ2v) is 4.65. The van der Waals surface area contributed by atoms with Crippen molar-refractivity contribution in [2.24, 2.45) is 0 Å². The minimum atomic E-state index is -1.10. The van der Waals surface area contributed by atoms with Gasteiger partial charge in [-0.3, -0.25) is 0 Å². The number of nitrogens with zero attached hydrogens (tertiary/aromatic N) is 2. The van der Waals surface area contributed by atoms with Crippen molar-refractivity contribution in [3.63, 3.8) is 0 Å². The Balaban J connectivity index is 1.97. The van der Waals surface area contributed by atoms with Gasteiger partial charge in [0.25, 0.3) is 0 Å². The molecule has 0 spiro atoms. The molecule has 1 aromatic rings. The number of carbonyl (C=O) groups is 2. The maximum Gasteiger partial charge on any atom is 0.354 e. The van der Waals surface area contributed by atoms with Gasteiger partial charge >= 0.3 is 12.0 Å². The van der Waals surface area contributed by atoms with Crippen LogP contribution in [0.5, 0.6) is 0 Å². The van der Waals surface area contributed by atoms with E-state index in [1.165, 1.54) is 18.3 Å². The number of anilines is 1. The summed E-state index contributed by atoms with van der Waals surface area (Å²) >= 11 is 0. The maximum absolute atomic E-state index is 12.1. The molecule has 2 rings (SSSR count). The van der Waals surface area contributed by atoms with E-state index in [2.05, 4.69) is 10.3 Å². The van der Waals surface area contributed by atoms with Crippen molar-refractivity contribution < 1.29 is 19.4 Å². The van der Waals surface area contributed by atoms with Gasteiger partial charge in [-0.2, -0.15) is 0 Å². The van der Waals surface area contributed by atoms with Crippen LogP contribution in [-0.2, 0) is 4.74 Å². The summed E-state index contributed by atoms with van der Waals surface area (Å²) in [6, 6.07) is 2.64. The number of aromatic carboxylic acids is 1. The Morgan fingerprint density at radius 1 is 1.50 bits per heavy atom. The number of nitrogens with one attached hydrogen (secondary N) is 1. The molecule has 2 N–H and O–H groups in total. The highest BCUT2D eigenvalue weighted by molar-refractivity contribution is 5.90. The molecule has 7 heteroatoms. The molecule has 1 unspecified atom stereocenters. The summed E-state index contributed by atoms with van der Waals surface area (Å²) in [5.41, 5.74) is 0.414. The summed E-state index contributed by atoms with van der Waals surface area (Å²) < 4.78 is 5.48. The highest BCUT2D eigenvalue weighted by Gasteiger charge is 2.19. The van der Waals surface area contributed by atoms with Gasteiger partial charge in [0.1, 0.15) is 5.69 Å². The Morgan fingerprint density at radius 3 is 2.95 bits per heavy atom. The van der Waals surface area contributed by atoms with Crippen molar-refractivity contribution in [1.29, 1.82) is 0 Å². The van der Waals surface area contributed by atoms with E-state index in [-0.39, 0.29) is 17.8 Å². The Morgan fingerprint density at radius 2 is 2.30 bits per heavy atom. The lowest BCUT2D eigenvalue weighted by Gasteiger charge is -2.22. The smallest absolute Gasteiger partial charge is 0.354 e. The first-order valence-corrected chi connectivity index (χ1v) is 6.43. The summed E-state index contributed by atoms with van der Waals surface area (Å²) in [5.74, 6) is -1.10. The van der Waals surface area contributed by atoms with Crippen LogP contribution in [0.1, 0.15) is 23.8 Å². The minimum Gasteiger partial charge on any atom is -0.477 e. The number of carboxylic acids is 1. The number of carbonyl (C=O) groups excluding carboxylic acids is 1. The third kappa shape index (κ3) is 3.67. The number of carboxylic acid groups (broad SMARTS) is 1. The predicted molar refractivity (Wildman–Crippen MR) is 71.8 cm³/mol. The third-order valence-corrected chi connectivity index (χ3v) is 2.97. The molecule has 1 aliphatic heterocycles. The van der Waals surface area contributed by atoms with Crippen LogP contribution in [0.4, 0.5) is 10.5 Å². The first-order valence-electron chi connectivity index (χ1n) is 6.43. The summed E-state index contributed by atoms with van der Waals surface area (Å²) in [5, 5.41) is 11.5. The molecule has 1 aliphatic rings. The van der Waals surface area contributed by atoms with Gasteiger partial charge in [0, 0.05) is 19.7 Å². The van der Waals surface area contributed by atoms with Gasteiger partial charge in [-0.1, -0.05) is 0 Å². The molecule has 0 saturated carbocycles. The fourth-order valence-electron chi connectivity index (χ4n) is 1.98. The van der Waals surface area contributed by atoms with Crippen LogP contribution in [0, 0.1) is 0 Å². The minimum absolute atomic E-state index is 0.00996. The molecule has 7 nitrogen and oxygen atoms in total. The number of ether oxygens (including phenoxy) is 1. The van der Waals surface area contributed by atoms with E-state index in [0.717, 1.165) is 6.42 Å². The lowest BCUT2D eigenvalue weighted by Crippen LogP contribution is -2.38. The zero-order valence-corrected chi connectivity index (χ0v) is 11.2. The monoisotopic (exact) mass is 279 g/mol. The fourth-order valence-corrected chi connectivity index (χ4v) is 1.98. The van der Waals surface area contributed by atoms with E-state index in [9.17, 15) is 9.59 Å². The molecule has 2 amide bonds. The largest absolute Gasteiger partial charge is 0.477 e. The molecule has 0 bridgehead atoms. The Hall–Kier alpha value is -2.15. The van der Waals surface area contributed by atoms with Gasteiger partial charge < -0.3 is 20.1 Å². The van der Waals surface area contributed by atoms with Crippen LogP contribution in [-0.4, -0.2) is 52.8 Å². The molecule has 108 valence electrons. The molecule has 2 heterocycles. The van der Waals surface area contributed by atoms with Crippen LogP contribution >= 0.6 is 0 Å². The van der Waals surface area contributed by atoms with E-state index in [1.54, 1.807) is 4.90 Å². The quantitative estimate of drug-likeness (QED) is 0.854. The van der Waals surface area contributed by atoms with Crippen molar-refractivity contribution in [3.8, 4) is 0 Å². The van der Waals surface area contributed by atoms with E-state index < -0.39 is 5.97 Å². The molecule has 1 atom stereocenters. The van der Waals surface area contributed by atoms with E-state index in [0.29, 0.717) is 25.4 Å². The number of rotatable bonds is 2. The van der Waals surface area contributed by atoms with E-state index in [4.69, 9.17) is 9.84 Å². The average Bonchev–Trinajstić information content (AvgIpc) is 2.64. The summed E-state index contributed by atoms with van der Waals surface area (Å²) in [6.45, 7) is 3.75. The molecule has 20 heavy (non-hydrogen) atoms. The Labute approximate surface area is 116 Å². The molecule has 0 aliphatic carbocycles. The van der Waals surface area contributed by atoms with E-state index >= 15 is 0 Å². The summed E-state index contributed by atoms with van der Waals surface area (Å²) in [7, 11) is 0. The number of urea groups is 1. The highest BCUT2D eigenvalue weighted by atomic mass is 16.5. The first kappa shape index (κ1) is 14.3. The summed E-state index contributed by atoms with van der Waals surface area (Å²) in [4.78, 5) is 28.2. The van der Waals surface area contributed by atoms with Crippen LogP contribution in [0.15, 0.2) is 18.3 Å². The molecule has 1 aromatic heterocycles. The Kier molecular flexibility index (Phi) is 4.52. The number of aromatic nitrogens is 1. The second-order valence-electron chi connectivity index (χ2n) is 4.65. The van der Waals surface area contributed by atoms with Crippen LogP contribution in [0.3, 0.4) is 0 Å². The first-order chi connectivity index (χ1) is 9.56. The van der Waals surface area contributed by atoms with Gasteiger partial charge in [0.15, 0.2) is 0 Å². The molecular formula is C13H17N3O4. The van der Waals surface area contributed by atoms with Gasteiger partial charge in [-0.05, 0) is 25.5 Å². The standard InChI is InChI=1S/C13H17N3O4/c1-9-8-16(5-2-6-20-9)13(19)15-10-3-4-11(12(17)18)14-7-10/h3-4,7,9H,2,5-6,8H2,1H3,(H,15,19)(H,17,18). The molecule has 1 fully saturated rings. The van der Waals surface area contributed by atoms with Crippen molar-refractivity contribution in [1.82, 2.24) is 9.88 Å². The Bertz CT molecular complexity index is 489. The highest BCUT2D eigenvalue weighted by Crippen LogP contribution is 2.10. The van der Waals surface area contributed by atoms with Crippen molar-refractivity contribution >= 4 is 17.7 Å². The van der Waals surface area contributed by atoms with Crippen LogP contribution in [0.2, 0.25) is 0 Å². The van der Waals surface area contributed by atoms with Crippen molar-refractivity contribution in [2.75, 3.05) is 25.0 Å². The van der Waals surface area contributed by atoms with Crippen molar-refractivity contribution in [3.05, 3.63) is 24.0 Å². The van der Waals surface area contributed by atoms with Crippen LogP contribution < -0.4 is 5.32 Å². The molecule has 0 aromatic carbocycles. The lowest BCUT2D eigenvalue weighted by atomic mass is 10.3. The topological polar surface area (TPSA) is 91.8 Å². The van der Waals surface area contributed by atoms with Crippen molar-refractivity contribution in [2.45, 2.75) is 19.4 Å². The maximum atomic E-state index is 12.1. The normalized spacial score (nSPS) is 19.2. The molecule has 1 saturated heterocycles. The van der Waals surface area contributed by atoms with Gasteiger partial charge in [-0.25, -0.2) is 14.6 Å². The zero-order chi connectivity index (χ0) is 14.5. The third-order valence-electron chi connectivity index (χ3n) is 2.97. The van der Waals surface area contributed by atoms with E-state index in [1.807, 2.05) is 6.92 Å². The zero-order valence-electron chi connectivity index (χ0n) is 11.2. The number of pyridine rings is 1. The van der Waals surface area contributed by atoms with Gasteiger partial charge in [0.05, 0.1) is 18.0 Å². The molecular weight excluding hydrogens is 262 g/mol. The summed E-state index contributed by atoms with van der Waals surface area (Å²) in [6.07, 6.45) is 2.14. The number of hydrogen-bond acceptors (Lipinski definition) is 4. The fraction of sp³-hybridized carbons (Fsp3) is 0.462. The van der Waals surface area contributed by atoms with Gasteiger partial charge in [0.2, 0.25) is 0 Å². The second kappa shape index (κ2) is 6.33. The number of hydrogen-bond donors (Lipinski definition) is 2. The predicted octanol–water partition coefficient (Wildman–Crippen LogP) is 1.42. The number of amides is 2. The van der Waals surface area contributed by atoms with Gasteiger partial charge in [-0.15, -0.1) is 0 Å². The SMILES string of the molecule is CC1CN(C(=O)Nc2ccc(C(=O)O)nc2)CCCO1. The average molecular weight is 279 g/mol. The van der Waals surface area contributed by atoms with Crippen LogP contribution in [0.25, 0.3) is 0 Å². The molecule has 0 radical (unpaired) electrons. The lowest BCUT2D eigenvalue weighted by molar-refractivity contribution is 0.0690.